The Kier molecular flexibility index (Phi) is 3.17. The third-order valence-electron chi connectivity index (χ3n) is 3.33. The molecule has 0 bridgehead atoms. The molecule has 92 valence electrons. The molecule has 2 rings (SSSR count). The second-order valence-electron chi connectivity index (χ2n) is 4.74. The van der Waals surface area contributed by atoms with Gasteiger partial charge in [0.15, 0.2) is 5.84 Å². The van der Waals surface area contributed by atoms with Gasteiger partial charge in [-0.3, -0.25) is 0 Å². The lowest BCUT2D eigenvalue weighted by Crippen LogP contribution is -2.22. The zero-order valence-corrected chi connectivity index (χ0v) is 10.2. The van der Waals surface area contributed by atoms with Crippen LogP contribution in [0.5, 0.6) is 0 Å². The van der Waals surface area contributed by atoms with Crippen LogP contribution in [0.3, 0.4) is 0 Å². The van der Waals surface area contributed by atoms with E-state index in [-0.39, 0.29) is 5.84 Å². The maximum absolute atomic E-state index is 8.55. The summed E-state index contributed by atoms with van der Waals surface area (Å²) >= 11 is 0. The highest BCUT2D eigenvalue weighted by Gasteiger charge is 2.33. The van der Waals surface area contributed by atoms with Crippen molar-refractivity contribution in [3.8, 4) is 0 Å². The van der Waals surface area contributed by atoms with Crippen LogP contribution in [0, 0.1) is 11.8 Å². The number of aromatic nitrogens is 1. The number of nitrogens with two attached hydrogens (primary N) is 1. The van der Waals surface area contributed by atoms with Gasteiger partial charge in [-0.05, 0) is 30.4 Å². The Balaban J connectivity index is 2.01. The van der Waals surface area contributed by atoms with Crippen molar-refractivity contribution in [2.45, 2.75) is 13.3 Å². The minimum Gasteiger partial charge on any atom is -0.409 e. The second kappa shape index (κ2) is 4.61. The number of anilines is 1. The average Bonchev–Trinajstić information content (AvgIpc) is 3.04. The molecule has 2 atom stereocenters. The SMILES string of the molecule is CC1CC1CN(C)c1ccc(C(N)=NO)cn1. The molecular formula is C12H18N4O. The van der Waals surface area contributed by atoms with Crippen LogP contribution in [-0.4, -0.2) is 29.6 Å². The number of amidine groups is 1. The summed E-state index contributed by atoms with van der Waals surface area (Å²) in [5, 5.41) is 11.5. The first-order valence-corrected chi connectivity index (χ1v) is 5.77. The molecule has 1 aliphatic carbocycles. The van der Waals surface area contributed by atoms with Gasteiger partial charge >= 0.3 is 0 Å². The fourth-order valence-electron chi connectivity index (χ4n) is 1.92. The molecule has 0 spiro atoms. The Hall–Kier alpha value is -1.78. The van der Waals surface area contributed by atoms with Gasteiger partial charge in [0.25, 0.3) is 0 Å². The molecule has 1 aromatic heterocycles. The Morgan fingerprint density at radius 3 is 2.82 bits per heavy atom. The number of hydrogen-bond acceptors (Lipinski definition) is 4. The average molecular weight is 234 g/mol. The summed E-state index contributed by atoms with van der Waals surface area (Å²) < 4.78 is 0. The van der Waals surface area contributed by atoms with E-state index >= 15 is 0 Å². The minimum absolute atomic E-state index is 0.0857. The fourth-order valence-corrected chi connectivity index (χ4v) is 1.92. The highest BCUT2D eigenvalue weighted by molar-refractivity contribution is 5.96. The number of hydrogen-bond donors (Lipinski definition) is 2. The van der Waals surface area contributed by atoms with E-state index in [0.29, 0.717) is 5.56 Å². The largest absolute Gasteiger partial charge is 0.409 e. The molecule has 3 N–H and O–H groups in total. The number of pyridine rings is 1. The van der Waals surface area contributed by atoms with Crippen LogP contribution >= 0.6 is 0 Å². The van der Waals surface area contributed by atoms with Gasteiger partial charge in [0, 0.05) is 25.4 Å². The molecule has 0 saturated heterocycles. The third kappa shape index (κ3) is 2.67. The normalized spacial score (nSPS) is 23.5. The van der Waals surface area contributed by atoms with E-state index in [9.17, 15) is 0 Å². The van der Waals surface area contributed by atoms with Crippen molar-refractivity contribution in [3.63, 3.8) is 0 Å². The number of nitrogens with zero attached hydrogens (tertiary/aromatic N) is 3. The Bertz CT molecular complexity index is 415. The van der Waals surface area contributed by atoms with Crippen LogP contribution in [0.4, 0.5) is 5.82 Å². The maximum atomic E-state index is 8.55. The first kappa shape index (κ1) is 11.7. The predicted octanol–water partition coefficient (Wildman–Crippen LogP) is 1.27. The Morgan fingerprint density at radius 2 is 2.35 bits per heavy atom. The lowest BCUT2D eigenvalue weighted by atomic mass is 10.2. The van der Waals surface area contributed by atoms with Crippen LogP contribution in [0.1, 0.15) is 18.9 Å². The molecule has 2 unspecified atom stereocenters. The maximum Gasteiger partial charge on any atom is 0.171 e. The lowest BCUT2D eigenvalue weighted by Gasteiger charge is -2.18. The Labute approximate surface area is 101 Å². The molecule has 17 heavy (non-hydrogen) atoms. The molecule has 0 radical (unpaired) electrons. The predicted molar refractivity (Wildman–Crippen MR) is 67.3 cm³/mol. The van der Waals surface area contributed by atoms with Gasteiger partial charge in [0.1, 0.15) is 5.82 Å². The van der Waals surface area contributed by atoms with Gasteiger partial charge in [-0.1, -0.05) is 12.1 Å². The summed E-state index contributed by atoms with van der Waals surface area (Å²) in [5.74, 6) is 2.64. The first-order chi connectivity index (χ1) is 8.11. The smallest absolute Gasteiger partial charge is 0.171 e. The van der Waals surface area contributed by atoms with Crippen molar-refractivity contribution in [2.75, 3.05) is 18.5 Å². The molecule has 0 aliphatic heterocycles. The highest BCUT2D eigenvalue weighted by Crippen LogP contribution is 2.38. The molecule has 5 nitrogen and oxygen atoms in total. The fraction of sp³-hybridized carbons (Fsp3) is 0.500. The van der Waals surface area contributed by atoms with E-state index in [1.165, 1.54) is 6.42 Å². The van der Waals surface area contributed by atoms with Crippen molar-refractivity contribution in [1.82, 2.24) is 4.98 Å². The molecule has 1 saturated carbocycles. The molecule has 0 amide bonds. The monoisotopic (exact) mass is 234 g/mol. The van der Waals surface area contributed by atoms with E-state index in [2.05, 4.69) is 22.0 Å². The van der Waals surface area contributed by atoms with E-state index in [4.69, 9.17) is 10.9 Å². The third-order valence-corrected chi connectivity index (χ3v) is 3.33. The number of oxime groups is 1. The van der Waals surface area contributed by atoms with Gasteiger partial charge in [-0.25, -0.2) is 4.98 Å². The quantitative estimate of drug-likeness (QED) is 0.356. The number of rotatable bonds is 4. The van der Waals surface area contributed by atoms with Crippen molar-refractivity contribution >= 4 is 11.7 Å². The van der Waals surface area contributed by atoms with E-state index in [1.807, 2.05) is 19.2 Å². The molecule has 1 fully saturated rings. The molecule has 1 aliphatic rings. The molecule has 0 aromatic carbocycles. The van der Waals surface area contributed by atoms with Crippen molar-refractivity contribution in [3.05, 3.63) is 23.9 Å². The summed E-state index contributed by atoms with van der Waals surface area (Å²) in [7, 11) is 2.04. The molecule has 1 heterocycles. The van der Waals surface area contributed by atoms with Crippen molar-refractivity contribution in [2.24, 2.45) is 22.7 Å². The summed E-state index contributed by atoms with van der Waals surface area (Å²) in [5.41, 5.74) is 6.10. The van der Waals surface area contributed by atoms with Crippen molar-refractivity contribution < 1.29 is 5.21 Å². The summed E-state index contributed by atoms with van der Waals surface area (Å²) in [4.78, 5) is 6.45. The topological polar surface area (TPSA) is 74.7 Å². The standard InChI is InChI=1S/C12H18N4O/c1-8-5-10(8)7-16(2)11-4-3-9(6-14-11)12(13)15-17/h3-4,6,8,10,17H,5,7H2,1-2H3,(H2,13,15). The summed E-state index contributed by atoms with van der Waals surface area (Å²) in [6.45, 7) is 3.31. The first-order valence-electron chi connectivity index (χ1n) is 5.77. The molecule has 5 heteroatoms. The minimum atomic E-state index is 0.0857. The van der Waals surface area contributed by atoms with Gasteiger partial charge in [0.05, 0.1) is 0 Å². The van der Waals surface area contributed by atoms with Gasteiger partial charge < -0.3 is 15.8 Å². The highest BCUT2D eigenvalue weighted by atomic mass is 16.4. The van der Waals surface area contributed by atoms with Crippen molar-refractivity contribution in [1.29, 1.82) is 0 Å². The van der Waals surface area contributed by atoms with Gasteiger partial charge in [-0.15, -0.1) is 0 Å². The Morgan fingerprint density at radius 1 is 1.65 bits per heavy atom. The van der Waals surface area contributed by atoms with E-state index in [0.717, 1.165) is 24.2 Å². The van der Waals surface area contributed by atoms with Crippen LogP contribution in [-0.2, 0) is 0 Å². The van der Waals surface area contributed by atoms with Gasteiger partial charge in [-0.2, -0.15) is 0 Å². The second-order valence-corrected chi connectivity index (χ2v) is 4.74. The van der Waals surface area contributed by atoms with Crippen LogP contribution in [0.2, 0.25) is 0 Å². The van der Waals surface area contributed by atoms with E-state index in [1.54, 1.807) is 6.20 Å². The zero-order valence-electron chi connectivity index (χ0n) is 10.2. The summed E-state index contributed by atoms with van der Waals surface area (Å²) in [6, 6.07) is 3.70. The van der Waals surface area contributed by atoms with Crippen LogP contribution < -0.4 is 10.6 Å². The van der Waals surface area contributed by atoms with Crippen LogP contribution in [0.25, 0.3) is 0 Å². The zero-order chi connectivity index (χ0) is 12.4. The van der Waals surface area contributed by atoms with Gasteiger partial charge in [0.2, 0.25) is 0 Å². The summed E-state index contributed by atoms with van der Waals surface area (Å²) in [6.07, 6.45) is 2.93. The molecular weight excluding hydrogens is 216 g/mol. The van der Waals surface area contributed by atoms with Crippen LogP contribution in [0.15, 0.2) is 23.5 Å². The van der Waals surface area contributed by atoms with E-state index < -0.39 is 0 Å². The molecule has 1 aromatic rings. The lowest BCUT2D eigenvalue weighted by molar-refractivity contribution is 0.318.